The molecule has 5 rings (SSSR count). The first kappa shape index (κ1) is 25.5. The minimum Gasteiger partial charge on any atom is -0.378 e. The van der Waals surface area contributed by atoms with Gasteiger partial charge in [0.15, 0.2) is 23.2 Å². The number of ketones is 1. The molecule has 0 aliphatic carbocycles. The lowest BCUT2D eigenvalue weighted by Crippen LogP contribution is -2.36. The predicted octanol–water partition coefficient (Wildman–Crippen LogP) is 6.02. The second kappa shape index (κ2) is 10.7. The van der Waals surface area contributed by atoms with Crippen molar-refractivity contribution in [3.8, 4) is 0 Å². The lowest BCUT2D eigenvalue weighted by molar-refractivity contribution is 0.103. The van der Waals surface area contributed by atoms with E-state index in [9.17, 15) is 18.4 Å². The highest BCUT2D eigenvalue weighted by molar-refractivity contribution is 6.30. The van der Waals surface area contributed by atoms with Crippen molar-refractivity contribution in [3.63, 3.8) is 0 Å². The molecule has 0 radical (unpaired) electrons. The summed E-state index contributed by atoms with van der Waals surface area (Å²) < 4.78 is 49.8. The highest BCUT2D eigenvalue weighted by atomic mass is 35.5. The Morgan fingerprint density at radius 1 is 0.921 bits per heavy atom. The Bertz CT molecular complexity index is 1540. The van der Waals surface area contributed by atoms with Crippen LogP contribution in [0.15, 0.2) is 60.8 Å². The van der Waals surface area contributed by atoms with Gasteiger partial charge in [-0.25, -0.2) is 18.0 Å². The van der Waals surface area contributed by atoms with Gasteiger partial charge in [0, 0.05) is 40.8 Å². The average molecular weight is 541 g/mol. The van der Waals surface area contributed by atoms with Crippen molar-refractivity contribution in [1.29, 1.82) is 0 Å². The van der Waals surface area contributed by atoms with Crippen molar-refractivity contribution in [1.82, 2.24) is 4.98 Å². The third kappa shape index (κ3) is 5.27. The summed E-state index contributed by atoms with van der Waals surface area (Å²) in [5, 5.41) is 5.54. The summed E-state index contributed by atoms with van der Waals surface area (Å²) in [7, 11) is 0. The maximum absolute atomic E-state index is 15.3. The van der Waals surface area contributed by atoms with Crippen molar-refractivity contribution in [2.45, 2.75) is 0 Å². The Morgan fingerprint density at radius 2 is 1.66 bits per heavy atom. The van der Waals surface area contributed by atoms with Gasteiger partial charge in [-0.1, -0.05) is 11.6 Å². The summed E-state index contributed by atoms with van der Waals surface area (Å²) in [6.45, 7) is 2.49. The zero-order valence-corrected chi connectivity index (χ0v) is 20.5. The van der Waals surface area contributed by atoms with Gasteiger partial charge in [-0.05, 0) is 48.5 Å². The van der Waals surface area contributed by atoms with E-state index in [1.807, 2.05) is 6.07 Å². The Kier molecular flexibility index (Phi) is 7.17. The molecule has 1 saturated heterocycles. The maximum Gasteiger partial charge on any atom is 0.323 e. The van der Waals surface area contributed by atoms with E-state index >= 15 is 4.39 Å². The number of anilines is 3. The molecule has 0 spiro atoms. The maximum atomic E-state index is 15.3. The third-order valence-electron chi connectivity index (χ3n) is 6.04. The lowest BCUT2D eigenvalue weighted by atomic mass is 9.99. The van der Waals surface area contributed by atoms with E-state index in [4.69, 9.17) is 16.3 Å². The van der Waals surface area contributed by atoms with E-state index in [1.165, 1.54) is 36.4 Å². The number of urea groups is 1. The van der Waals surface area contributed by atoms with Crippen LogP contribution in [0.5, 0.6) is 0 Å². The lowest BCUT2D eigenvalue weighted by Gasteiger charge is -2.28. The molecule has 2 heterocycles. The molecular weight excluding hydrogens is 521 g/mol. The molecule has 194 valence electrons. The molecule has 1 aromatic heterocycles. The van der Waals surface area contributed by atoms with Crippen LogP contribution in [0.25, 0.3) is 10.9 Å². The number of aromatic nitrogens is 1. The van der Waals surface area contributed by atoms with Crippen LogP contribution in [0.3, 0.4) is 0 Å². The fourth-order valence-electron chi connectivity index (χ4n) is 4.11. The van der Waals surface area contributed by atoms with Gasteiger partial charge in [-0.2, -0.15) is 0 Å². The average Bonchev–Trinajstić information content (AvgIpc) is 2.93. The van der Waals surface area contributed by atoms with Crippen LogP contribution in [-0.2, 0) is 4.74 Å². The summed E-state index contributed by atoms with van der Waals surface area (Å²) in [5.41, 5.74) is -0.184. The topological polar surface area (TPSA) is 83.6 Å². The molecule has 4 aromatic rings. The largest absolute Gasteiger partial charge is 0.378 e. The molecular formula is C27H20ClF3N4O3. The number of ether oxygens (including phenoxy) is 1. The van der Waals surface area contributed by atoms with Gasteiger partial charge in [0.2, 0.25) is 0 Å². The van der Waals surface area contributed by atoms with Crippen LogP contribution in [0.2, 0.25) is 5.02 Å². The molecule has 1 aliphatic rings. The van der Waals surface area contributed by atoms with Gasteiger partial charge in [-0.3, -0.25) is 9.78 Å². The van der Waals surface area contributed by atoms with E-state index < -0.39 is 40.5 Å². The van der Waals surface area contributed by atoms with Gasteiger partial charge in [0.05, 0.1) is 41.9 Å². The van der Waals surface area contributed by atoms with Gasteiger partial charge < -0.3 is 20.3 Å². The molecule has 1 aliphatic heterocycles. The van der Waals surface area contributed by atoms with Crippen molar-refractivity contribution in [2.24, 2.45) is 0 Å². The minimum atomic E-state index is -1.66. The van der Waals surface area contributed by atoms with Gasteiger partial charge in [0.1, 0.15) is 0 Å². The van der Waals surface area contributed by atoms with E-state index in [2.05, 4.69) is 20.5 Å². The fourth-order valence-corrected chi connectivity index (χ4v) is 4.24. The highest BCUT2D eigenvalue weighted by Crippen LogP contribution is 2.28. The molecule has 2 N–H and O–H groups in total. The number of hydrogen-bond donors (Lipinski definition) is 2. The van der Waals surface area contributed by atoms with Crippen LogP contribution in [0.1, 0.15) is 15.9 Å². The molecule has 1 fully saturated rings. The van der Waals surface area contributed by atoms with Crippen LogP contribution in [0, 0.1) is 17.5 Å². The predicted molar refractivity (Wildman–Crippen MR) is 139 cm³/mol. The molecule has 0 saturated carbocycles. The van der Waals surface area contributed by atoms with Crippen molar-refractivity contribution in [2.75, 3.05) is 41.8 Å². The Morgan fingerprint density at radius 3 is 2.39 bits per heavy atom. The smallest absolute Gasteiger partial charge is 0.323 e. The Labute approximate surface area is 220 Å². The molecule has 0 bridgehead atoms. The molecule has 38 heavy (non-hydrogen) atoms. The van der Waals surface area contributed by atoms with Crippen LogP contribution < -0.4 is 15.5 Å². The van der Waals surface area contributed by atoms with Crippen LogP contribution in [0.4, 0.5) is 35.0 Å². The van der Waals surface area contributed by atoms with E-state index in [-0.39, 0.29) is 5.56 Å². The third-order valence-corrected chi connectivity index (χ3v) is 6.29. The number of amides is 2. The number of nitrogens with one attached hydrogen (secondary N) is 2. The summed E-state index contributed by atoms with van der Waals surface area (Å²) in [6, 6.07) is 11.7. The first-order chi connectivity index (χ1) is 18.3. The van der Waals surface area contributed by atoms with Crippen molar-refractivity contribution < 1.29 is 27.5 Å². The summed E-state index contributed by atoms with van der Waals surface area (Å²) >= 11 is 5.81. The molecule has 11 heteroatoms. The minimum absolute atomic E-state index is 0.0709. The van der Waals surface area contributed by atoms with Crippen LogP contribution >= 0.6 is 11.6 Å². The summed E-state index contributed by atoms with van der Waals surface area (Å²) in [5.74, 6) is -5.63. The number of benzene rings is 3. The molecule has 7 nitrogen and oxygen atoms in total. The molecule has 0 atom stereocenters. The van der Waals surface area contributed by atoms with Gasteiger partial charge in [-0.15, -0.1) is 0 Å². The number of rotatable bonds is 5. The molecule has 2 amide bonds. The normalized spacial score (nSPS) is 13.4. The number of pyridine rings is 1. The quantitative estimate of drug-likeness (QED) is 0.239. The SMILES string of the molecule is O=C(Nc1ccc(Cl)cc1)Nc1cc(F)c(F)c(C(=O)c2ccc3ncc(N4CCOCC4)cc3c2)c1F. The van der Waals surface area contributed by atoms with Crippen molar-refractivity contribution in [3.05, 3.63) is 94.4 Å². The molecule has 0 unspecified atom stereocenters. The first-order valence-electron chi connectivity index (χ1n) is 11.6. The molecule has 3 aromatic carbocycles. The second-order valence-corrected chi connectivity index (χ2v) is 8.96. The van der Waals surface area contributed by atoms with E-state index in [1.54, 1.807) is 12.3 Å². The number of carbonyl (C=O) groups excluding carboxylic acids is 2. The number of nitrogens with zero attached hydrogens (tertiary/aromatic N) is 2. The number of morpholine rings is 1. The second-order valence-electron chi connectivity index (χ2n) is 8.52. The monoisotopic (exact) mass is 540 g/mol. The highest BCUT2D eigenvalue weighted by Gasteiger charge is 2.26. The summed E-state index contributed by atoms with van der Waals surface area (Å²) in [6.07, 6.45) is 1.70. The van der Waals surface area contributed by atoms with E-state index in [0.717, 1.165) is 5.69 Å². The van der Waals surface area contributed by atoms with Crippen LogP contribution in [-0.4, -0.2) is 43.1 Å². The first-order valence-corrected chi connectivity index (χ1v) is 12.0. The van der Waals surface area contributed by atoms with E-state index in [0.29, 0.717) is 54.0 Å². The Hall–Kier alpha value is -4.15. The summed E-state index contributed by atoms with van der Waals surface area (Å²) in [4.78, 5) is 32.0. The van der Waals surface area contributed by atoms with Crippen molar-refractivity contribution >= 4 is 51.4 Å². The zero-order valence-electron chi connectivity index (χ0n) is 19.7. The standard InChI is InChI=1S/C27H20ClF3N4O3/c28-17-2-4-18(5-3-17)33-27(37)34-22-13-20(29)24(30)23(25(22)31)26(36)15-1-6-21-16(11-15)12-19(14-32-21)35-7-9-38-10-8-35/h1-6,11-14H,7-10H2,(H2,33,34,37). The number of carbonyl (C=O) groups is 2. The number of fused-ring (bicyclic) bond motifs is 1. The zero-order chi connectivity index (χ0) is 26.8. The van der Waals surface area contributed by atoms with Gasteiger partial charge in [0.25, 0.3) is 0 Å². The van der Waals surface area contributed by atoms with Gasteiger partial charge >= 0.3 is 6.03 Å². The number of halogens is 4. The Balaban J connectivity index is 1.44. The fraction of sp³-hybridized carbons (Fsp3) is 0.148. The number of hydrogen-bond acceptors (Lipinski definition) is 5.